The first-order chi connectivity index (χ1) is 14.1. The van der Waals surface area contributed by atoms with Crippen LogP contribution >= 0.6 is 0 Å². The maximum absolute atomic E-state index is 13.2. The number of amides is 1. The first kappa shape index (κ1) is 19.7. The van der Waals surface area contributed by atoms with Gasteiger partial charge in [-0.05, 0) is 49.6 Å². The Morgan fingerprint density at radius 3 is 2.72 bits per heavy atom. The second kappa shape index (κ2) is 8.43. The molecule has 2 aliphatic heterocycles. The number of rotatable bonds is 7. The maximum Gasteiger partial charge on any atom is 0.258 e. The standard InChI is InChI=1S/C23H28N2O4/c1-23(17-9-11-18(12-10-17)29-16-19-6-5-14-28-19)24-21-8-4-3-7-20(21)22(26)25(23)13-15-27-2/h3-4,7-12,19,24H,5-6,13-16H2,1-2H3. The second-order valence-corrected chi connectivity index (χ2v) is 7.66. The molecule has 4 rings (SSSR count). The van der Waals surface area contributed by atoms with E-state index in [2.05, 4.69) is 5.32 Å². The van der Waals surface area contributed by atoms with E-state index in [0.717, 1.165) is 36.4 Å². The number of hydrogen-bond donors (Lipinski definition) is 1. The Bertz CT molecular complexity index is 848. The fraction of sp³-hybridized carbons (Fsp3) is 0.435. The zero-order chi connectivity index (χ0) is 20.3. The van der Waals surface area contributed by atoms with E-state index in [9.17, 15) is 4.79 Å². The summed E-state index contributed by atoms with van der Waals surface area (Å²) in [5.74, 6) is 0.802. The number of carbonyl (C=O) groups excluding carboxylic acids is 1. The van der Waals surface area contributed by atoms with Crippen LogP contribution in [0.4, 0.5) is 5.69 Å². The summed E-state index contributed by atoms with van der Waals surface area (Å²) >= 11 is 0. The lowest BCUT2D eigenvalue weighted by Crippen LogP contribution is -2.56. The molecule has 2 aromatic carbocycles. The highest BCUT2D eigenvalue weighted by Crippen LogP contribution is 2.38. The third-order valence-corrected chi connectivity index (χ3v) is 5.72. The Morgan fingerprint density at radius 1 is 1.21 bits per heavy atom. The van der Waals surface area contributed by atoms with E-state index in [-0.39, 0.29) is 12.0 Å². The normalized spacial score (nSPS) is 23.6. The monoisotopic (exact) mass is 396 g/mol. The largest absolute Gasteiger partial charge is 0.491 e. The summed E-state index contributed by atoms with van der Waals surface area (Å²) in [6, 6.07) is 15.6. The van der Waals surface area contributed by atoms with Crippen molar-refractivity contribution in [1.82, 2.24) is 4.90 Å². The highest BCUT2D eigenvalue weighted by atomic mass is 16.5. The minimum Gasteiger partial charge on any atom is -0.491 e. The van der Waals surface area contributed by atoms with Gasteiger partial charge in [0.25, 0.3) is 5.91 Å². The van der Waals surface area contributed by atoms with Gasteiger partial charge in [-0.2, -0.15) is 0 Å². The smallest absolute Gasteiger partial charge is 0.258 e. The van der Waals surface area contributed by atoms with E-state index < -0.39 is 5.66 Å². The molecule has 2 unspecified atom stereocenters. The number of carbonyl (C=O) groups is 1. The number of benzene rings is 2. The molecule has 6 nitrogen and oxygen atoms in total. The first-order valence-electron chi connectivity index (χ1n) is 10.1. The van der Waals surface area contributed by atoms with Gasteiger partial charge in [-0.25, -0.2) is 0 Å². The zero-order valence-electron chi connectivity index (χ0n) is 17.0. The van der Waals surface area contributed by atoms with Gasteiger partial charge in [-0.1, -0.05) is 24.3 Å². The van der Waals surface area contributed by atoms with Crippen molar-refractivity contribution < 1.29 is 19.0 Å². The van der Waals surface area contributed by atoms with E-state index in [0.29, 0.717) is 25.3 Å². The van der Waals surface area contributed by atoms with Gasteiger partial charge < -0.3 is 24.4 Å². The molecule has 29 heavy (non-hydrogen) atoms. The Labute approximate surface area is 171 Å². The molecule has 0 saturated carbocycles. The fourth-order valence-corrected chi connectivity index (χ4v) is 4.03. The van der Waals surface area contributed by atoms with E-state index in [1.807, 2.05) is 60.4 Å². The molecule has 0 aliphatic carbocycles. The van der Waals surface area contributed by atoms with Crippen molar-refractivity contribution >= 4 is 11.6 Å². The third-order valence-electron chi connectivity index (χ3n) is 5.72. The molecule has 0 spiro atoms. The minimum atomic E-state index is -0.683. The molecule has 1 amide bonds. The molecule has 0 aromatic heterocycles. The van der Waals surface area contributed by atoms with Gasteiger partial charge in [-0.3, -0.25) is 4.79 Å². The van der Waals surface area contributed by atoms with Crippen LogP contribution in [0.3, 0.4) is 0 Å². The molecule has 2 aromatic rings. The fourth-order valence-electron chi connectivity index (χ4n) is 4.03. The first-order valence-corrected chi connectivity index (χ1v) is 10.1. The number of nitrogens with zero attached hydrogens (tertiary/aromatic N) is 1. The van der Waals surface area contributed by atoms with Crippen LogP contribution in [0.5, 0.6) is 5.75 Å². The van der Waals surface area contributed by atoms with E-state index >= 15 is 0 Å². The Kier molecular flexibility index (Phi) is 5.74. The molecule has 0 radical (unpaired) electrons. The predicted octanol–water partition coefficient (Wildman–Crippen LogP) is 3.63. The van der Waals surface area contributed by atoms with Crippen LogP contribution in [0.2, 0.25) is 0 Å². The van der Waals surface area contributed by atoms with Crippen LogP contribution in [0.1, 0.15) is 35.7 Å². The summed E-state index contributed by atoms with van der Waals surface area (Å²) in [6.07, 6.45) is 2.34. The molecule has 2 aliphatic rings. The molecular weight excluding hydrogens is 368 g/mol. The number of fused-ring (bicyclic) bond motifs is 1. The highest BCUT2D eigenvalue weighted by molar-refractivity contribution is 6.02. The summed E-state index contributed by atoms with van der Waals surface area (Å²) < 4.78 is 16.8. The lowest BCUT2D eigenvalue weighted by atomic mass is 9.93. The third kappa shape index (κ3) is 3.95. The molecular formula is C23H28N2O4. The summed E-state index contributed by atoms with van der Waals surface area (Å²) in [4.78, 5) is 15.1. The lowest BCUT2D eigenvalue weighted by Gasteiger charge is -2.46. The van der Waals surface area contributed by atoms with Crippen molar-refractivity contribution in [1.29, 1.82) is 0 Å². The number of para-hydroxylation sites is 1. The number of methoxy groups -OCH3 is 1. The topological polar surface area (TPSA) is 60.0 Å². The van der Waals surface area contributed by atoms with Crippen molar-refractivity contribution in [3.8, 4) is 5.75 Å². The van der Waals surface area contributed by atoms with Crippen LogP contribution in [0, 0.1) is 0 Å². The number of hydrogen-bond acceptors (Lipinski definition) is 5. The Morgan fingerprint density at radius 2 is 2.00 bits per heavy atom. The molecule has 0 bridgehead atoms. The molecule has 1 N–H and O–H groups in total. The van der Waals surface area contributed by atoms with Crippen molar-refractivity contribution in [3.63, 3.8) is 0 Å². The van der Waals surface area contributed by atoms with Gasteiger partial charge in [-0.15, -0.1) is 0 Å². The Balaban J connectivity index is 1.57. The average Bonchev–Trinajstić information content (AvgIpc) is 3.26. The molecule has 2 heterocycles. The van der Waals surface area contributed by atoms with Crippen molar-refractivity contribution in [2.45, 2.75) is 31.5 Å². The van der Waals surface area contributed by atoms with E-state index in [4.69, 9.17) is 14.2 Å². The Hall–Kier alpha value is -2.57. The van der Waals surface area contributed by atoms with E-state index in [1.54, 1.807) is 7.11 Å². The summed E-state index contributed by atoms with van der Waals surface area (Å²) in [5.41, 5.74) is 1.82. The minimum absolute atomic E-state index is 0.00221. The number of ether oxygens (including phenoxy) is 3. The van der Waals surface area contributed by atoms with Gasteiger partial charge >= 0.3 is 0 Å². The van der Waals surface area contributed by atoms with Gasteiger partial charge in [0.05, 0.1) is 18.3 Å². The van der Waals surface area contributed by atoms with E-state index in [1.165, 1.54) is 0 Å². The quantitative estimate of drug-likeness (QED) is 0.774. The molecule has 1 fully saturated rings. The van der Waals surface area contributed by atoms with Gasteiger partial charge in [0.2, 0.25) is 0 Å². The zero-order valence-corrected chi connectivity index (χ0v) is 17.0. The van der Waals surface area contributed by atoms with Crippen molar-refractivity contribution in [2.75, 3.05) is 38.8 Å². The molecule has 154 valence electrons. The highest BCUT2D eigenvalue weighted by Gasteiger charge is 2.42. The van der Waals surface area contributed by atoms with Crippen molar-refractivity contribution in [2.24, 2.45) is 0 Å². The van der Waals surface area contributed by atoms with Crippen LogP contribution in [0.15, 0.2) is 48.5 Å². The summed E-state index contributed by atoms with van der Waals surface area (Å²) in [5, 5.41) is 3.56. The molecule has 6 heteroatoms. The van der Waals surface area contributed by atoms with Gasteiger partial charge in [0.1, 0.15) is 18.0 Å². The number of anilines is 1. The molecule has 2 atom stereocenters. The SMILES string of the molecule is COCCN1C(=O)c2ccccc2NC1(C)c1ccc(OCC2CCCO2)cc1. The summed E-state index contributed by atoms with van der Waals surface area (Å²) in [6.45, 7) is 4.38. The number of nitrogens with one attached hydrogen (secondary N) is 1. The average molecular weight is 396 g/mol. The summed E-state index contributed by atoms with van der Waals surface area (Å²) in [7, 11) is 1.65. The van der Waals surface area contributed by atoms with Gasteiger partial charge in [0.15, 0.2) is 0 Å². The predicted molar refractivity (Wildman–Crippen MR) is 111 cm³/mol. The van der Waals surface area contributed by atoms with Gasteiger partial charge in [0, 0.05) is 25.9 Å². The molecule has 1 saturated heterocycles. The van der Waals surface area contributed by atoms with Crippen LogP contribution in [0.25, 0.3) is 0 Å². The second-order valence-electron chi connectivity index (χ2n) is 7.66. The lowest BCUT2D eigenvalue weighted by molar-refractivity contribution is 0.0437. The van der Waals surface area contributed by atoms with Crippen LogP contribution in [-0.4, -0.2) is 50.4 Å². The van der Waals surface area contributed by atoms with Crippen LogP contribution in [-0.2, 0) is 15.1 Å². The van der Waals surface area contributed by atoms with Crippen LogP contribution < -0.4 is 10.1 Å². The van der Waals surface area contributed by atoms with Crippen molar-refractivity contribution in [3.05, 3.63) is 59.7 Å². The maximum atomic E-state index is 13.2.